The van der Waals surface area contributed by atoms with Crippen molar-refractivity contribution in [3.63, 3.8) is 0 Å². The first-order valence-corrected chi connectivity index (χ1v) is 14.4. The molecule has 3 rings (SSSR count). The highest BCUT2D eigenvalue weighted by Gasteiger charge is 2.31. The molecule has 0 spiro atoms. The zero-order chi connectivity index (χ0) is 28.4. The van der Waals surface area contributed by atoms with Gasteiger partial charge in [-0.3, -0.25) is 4.79 Å². The molecule has 9 heteroatoms. The minimum atomic E-state index is -3.90. The maximum absolute atomic E-state index is 13.5. The van der Waals surface area contributed by atoms with Gasteiger partial charge in [0.15, 0.2) is 0 Å². The first-order chi connectivity index (χ1) is 18.6. The van der Waals surface area contributed by atoms with Gasteiger partial charge in [0.2, 0.25) is 15.9 Å². The van der Waals surface area contributed by atoms with Crippen molar-refractivity contribution >= 4 is 15.9 Å². The van der Waals surface area contributed by atoms with Crippen LogP contribution in [0.25, 0.3) is 0 Å². The average molecular weight is 555 g/mol. The lowest BCUT2D eigenvalue weighted by Gasteiger charge is -2.30. The number of hydrogen-bond donors (Lipinski definition) is 2. The Morgan fingerprint density at radius 3 is 2.08 bits per heavy atom. The number of aliphatic hydroxyl groups is 1. The number of methoxy groups -OCH3 is 1. The fourth-order valence-electron chi connectivity index (χ4n) is 4.17. The highest BCUT2D eigenvalue weighted by molar-refractivity contribution is 7.89. The molecule has 0 aromatic heterocycles. The summed E-state index contributed by atoms with van der Waals surface area (Å²) in [5.74, 6) is 0.961. The van der Waals surface area contributed by atoms with Crippen LogP contribution >= 0.6 is 0 Å². The van der Waals surface area contributed by atoms with Gasteiger partial charge in [-0.15, -0.1) is 0 Å². The lowest BCUT2D eigenvalue weighted by molar-refractivity contribution is -0.120. The normalized spacial score (nSPS) is 13.2. The molecule has 0 radical (unpaired) electrons. The maximum Gasteiger partial charge on any atom is 0.243 e. The first-order valence-electron chi connectivity index (χ1n) is 12.9. The zero-order valence-electron chi connectivity index (χ0n) is 22.9. The molecule has 0 aliphatic heterocycles. The summed E-state index contributed by atoms with van der Waals surface area (Å²) in [5.41, 5.74) is 1.93. The van der Waals surface area contributed by atoms with Gasteiger partial charge in [0.25, 0.3) is 0 Å². The van der Waals surface area contributed by atoms with Gasteiger partial charge in [-0.2, -0.15) is 4.31 Å². The van der Waals surface area contributed by atoms with Crippen molar-refractivity contribution in [2.45, 2.75) is 50.8 Å². The summed E-state index contributed by atoms with van der Waals surface area (Å²) in [6, 6.07) is 22.7. The van der Waals surface area contributed by atoms with E-state index in [2.05, 4.69) is 5.32 Å². The van der Waals surface area contributed by atoms with E-state index in [1.807, 2.05) is 68.4 Å². The van der Waals surface area contributed by atoms with E-state index in [4.69, 9.17) is 9.47 Å². The maximum atomic E-state index is 13.5. The molecule has 8 nitrogen and oxygen atoms in total. The summed E-state index contributed by atoms with van der Waals surface area (Å²) < 4.78 is 39.2. The number of hydrogen-bond acceptors (Lipinski definition) is 6. The Kier molecular flexibility index (Phi) is 10.9. The fraction of sp³-hybridized carbons (Fsp3) is 0.367. The van der Waals surface area contributed by atoms with Gasteiger partial charge in [0.05, 0.1) is 24.2 Å². The number of ether oxygens (including phenoxy) is 2. The summed E-state index contributed by atoms with van der Waals surface area (Å²) >= 11 is 0. The second kappa shape index (κ2) is 14.1. The van der Waals surface area contributed by atoms with Crippen LogP contribution in [0.3, 0.4) is 0 Å². The number of benzene rings is 3. The van der Waals surface area contributed by atoms with E-state index >= 15 is 0 Å². The average Bonchev–Trinajstić information content (AvgIpc) is 2.92. The molecule has 2 atom stereocenters. The van der Waals surface area contributed by atoms with Crippen LogP contribution in [0.1, 0.15) is 31.9 Å². The van der Waals surface area contributed by atoms with Gasteiger partial charge < -0.3 is 19.9 Å². The van der Waals surface area contributed by atoms with E-state index in [1.165, 1.54) is 30.5 Å². The number of rotatable bonds is 14. The Bertz CT molecular complexity index is 1280. The Balaban J connectivity index is 1.73. The molecular formula is C30H38N2O6S. The van der Waals surface area contributed by atoms with E-state index in [0.29, 0.717) is 24.5 Å². The highest BCUT2D eigenvalue weighted by atomic mass is 32.2. The SMILES string of the molecule is COc1ccc(S(=O)(=O)N(CC(C)C)C[C@@H](O)[C@H](Cc2ccc(OCc3ccccc3)cc2)NC(C)=O)cc1. The summed E-state index contributed by atoms with van der Waals surface area (Å²) in [6.45, 7) is 5.69. The van der Waals surface area contributed by atoms with Crippen molar-refractivity contribution in [3.05, 3.63) is 90.0 Å². The Hall–Kier alpha value is -3.40. The molecule has 0 aliphatic carbocycles. The van der Waals surface area contributed by atoms with Gasteiger partial charge >= 0.3 is 0 Å². The smallest absolute Gasteiger partial charge is 0.243 e. The van der Waals surface area contributed by atoms with Crippen LogP contribution in [0.15, 0.2) is 83.8 Å². The molecule has 2 N–H and O–H groups in total. The third-order valence-corrected chi connectivity index (χ3v) is 7.98. The van der Waals surface area contributed by atoms with Crippen LogP contribution in [0, 0.1) is 5.92 Å². The molecule has 210 valence electrons. The van der Waals surface area contributed by atoms with Crippen LogP contribution < -0.4 is 14.8 Å². The summed E-state index contributed by atoms with van der Waals surface area (Å²) in [4.78, 5) is 12.1. The van der Waals surface area contributed by atoms with Crippen LogP contribution in [-0.2, 0) is 27.8 Å². The molecular weight excluding hydrogens is 516 g/mol. The Labute approximate surface area is 231 Å². The van der Waals surface area contributed by atoms with Gasteiger partial charge in [0.1, 0.15) is 18.1 Å². The molecule has 3 aromatic rings. The predicted octanol–water partition coefficient (Wildman–Crippen LogP) is 4.03. The number of amides is 1. The van der Waals surface area contributed by atoms with Gasteiger partial charge in [-0.05, 0) is 59.9 Å². The second-order valence-electron chi connectivity index (χ2n) is 9.89. The van der Waals surface area contributed by atoms with Gasteiger partial charge in [-0.25, -0.2) is 8.42 Å². The van der Waals surface area contributed by atoms with E-state index in [0.717, 1.165) is 11.1 Å². The molecule has 0 aliphatic rings. The Morgan fingerprint density at radius 1 is 0.897 bits per heavy atom. The van der Waals surface area contributed by atoms with Crippen molar-refractivity contribution in [2.24, 2.45) is 5.92 Å². The molecule has 1 amide bonds. The van der Waals surface area contributed by atoms with Crippen molar-refractivity contribution in [1.29, 1.82) is 0 Å². The monoisotopic (exact) mass is 554 g/mol. The number of sulfonamides is 1. The molecule has 0 heterocycles. The van der Waals surface area contributed by atoms with E-state index in [-0.39, 0.29) is 29.8 Å². The van der Waals surface area contributed by atoms with Crippen molar-refractivity contribution in [3.8, 4) is 11.5 Å². The predicted molar refractivity (Wildman–Crippen MR) is 151 cm³/mol. The van der Waals surface area contributed by atoms with E-state index < -0.39 is 22.2 Å². The lowest BCUT2D eigenvalue weighted by atomic mass is 10.0. The topological polar surface area (TPSA) is 105 Å². The standard InChI is InChI=1S/C30H38N2O6S/c1-22(2)19-32(39(35,36)28-16-14-26(37-4)15-17-28)20-30(34)29(31-23(3)33)18-24-10-12-27(13-11-24)38-21-25-8-6-5-7-9-25/h5-17,22,29-30,34H,18-21H2,1-4H3,(H,31,33)/t29-,30+/m0/s1. The number of nitrogens with zero attached hydrogens (tertiary/aromatic N) is 1. The van der Waals surface area contributed by atoms with Crippen LogP contribution in [0.4, 0.5) is 0 Å². The van der Waals surface area contributed by atoms with Crippen LogP contribution in [0.2, 0.25) is 0 Å². The van der Waals surface area contributed by atoms with E-state index in [9.17, 15) is 18.3 Å². The minimum absolute atomic E-state index is 0.0212. The summed E-state index contributed by atoms with van der Waals surface area (Å²) in [6.07, 6.45) is -0.827. The molecule has 0 saturated heterocycles. The highest BCUT2D eigenvalue weighted by Crippen LogP contribution is 2.22. The number of nitrogens with one attached hydrogen (secondary N) is 1. The summed E-state index contributed by atoms with van der Waals surface area (Å²) in [5, 5.41) is 14.0. The number of carbonyl (C=O) groups excluding carboxylic acids is 1. The minimum Gasteiger partial charge on any atom is -0.497 e. The van der Waals surface area contributed by atoms with Crippen molar-refractivity contribution < 1.29 is 27.8 Å². The molecule has 0 saturated carbocycles. The van der Waals surface area contributed by atoms with E-state index in [1.54, 1.807) is 12.1 Å². The lowest BCUT2D eigenvalue weighted by Crippen LogP contribution is -2.50. The second-order valence-corrected chi connectivity index (χ2v) is 11.8. The summed E-state index contributed by atoms with van der Waals surface area (Å²) in [7, 11) is -2.39. The largest absolute Gasteiger partial charge is 0.497 e. The quantitative estimate of drug-likeness (QED) is 0.312. The number of aliphatic hydroxyl groups excluding tert-OH is 1. The molecule has 0 bridgehead atoms. The molecule has 0 fully saturated rings. The van der Waals surface area contributed by atoms with Crippen LogP contribution in [-0.4, -0.2) is 56.1 Å². The Morgan fingerprint density at radius 2 is 1.51 bits per heavy atom. The zero-order valence-corrected chi connectivity index (χ0v) is 23.7. The third kappa shape index (κ3) is 9.09. The number of carbonyl (C=O) groups is 1. The van der Waals surface area contributed by atoms with Crippen molar-refractivity contribution in [1.82, 2.24) is 9.62 Å². The van der Waals surface area contributed by atoms with Crippen LogP contribution in [0.5, 0.6) is 11.5 Å². The third-order valence-electron chi connectivity index (χ3n) is 6.14. The molecule has 0 unspecified atom stereocenters. The first kappa shape index (κ1) is 30.1. The molecule has 3 aromatic carbocycles. The van der Waals surface area contributed by atoms with Crippen molar-refractivity contribution in [2.75, 3.05) is 20.2 Å². The van der Waals surface area contributed by atoms with Gasteiger partial charge in [0, 0.05) is 20.0 Å². The van der Waals surface area contributed by atoms with Gasteiger partial charge in [-0.1, -0.05) is 56.3 Å². The molecule has 39 heavy (non-hydrogen) atoms. The fourth-order valence-corrected chi connectivity index (χ4v) is 5.79.